The van der Waals surface area contributed by atoms with Crippen molar-refractivity contribution in [3.05, 3.63) is 75.3 Å². The van der Waals surface area contributed by atoms with E-state index >= 15 is 0 Å². The van der Waals surface area contributed by atoms with Gasteiger partial charge < -0.3 is 4.74 Å². The van der Waals surface area contributed by atoms with E-state index < -0.39 is 33.2 Å². The maximum atomic E-state index is 14.2. The Balaban J connectivity index is 1.60. The van der Waals surface area contributed by atoms with Gasteiger partial charge in [0.05, 0.1) is 22.5 Å². The number of hydrogen-bond acceptors (Lipinski definition) is 8. The number of aromatic nitrogens is 2. The number of amides is 1. The molecule has 0 radical (unpaired) electrons. The summed E-state index contributed by atoms with van der Waals surface area (Å²) in [5.41, 5.74) is -0.308. The van der Waals surface area contributed by atoms with Crippen molar-refractivity contribution in [1.29, 1.82) is 0 Å². The standard InChI is InChI=1S/C22H16FN3O5S3/c23-15-5-1-2-6-16(15)31-19-14(20(27)25-9-4-3-7-18(25)24-19)11-17-21(28)26(22(32)33-17)13-8-10-34(29,30)12-13/h1-7,9,11,13H,8,10,12H2/b17-11+. The van der Waals surface area contributed by atoms with Crippen LogP contribution in [0.15, 0.2) is 58.4 Å². The largest absolute Gasteiger partial charge is 0.435 e. The van der Waals surface area contributed by atoms with Crippen LogP contribution in [0, 0.1) is 5.82 Å². The van der Waals surface area contributed by atoms with E-state index in [1.807, 2.05) is 0 Å². The summed E-state index contributed by atoms with van der Waals surface area (Å²) in [6.07, 6.45) is 3.13. The van der Waals surface area contributed by atoms with E-state index in [0.29, 0.717) is 6.42 Å². The number of rotatable bonds is 4. The van der Waals surface area contributed by atoms with Crippen LogP contribution in [0.3, 0.4) is 0 Å². The zero-order chi connectivity index (χ0) is 24.0. The number of thioether (sulfide) groups is 1. The summed E-state index contributed by atoms with van der Waals surface area (Å²) in [6.45, 7) is 0. The van der Waals surface area contributed by atoms with Crippen LogP contribution < -0.4 is 10.3 Å². The van der Waals surface area contributed by atoms with Gasteiger partial charge in [-0.2, -0.15) is 4.98 Å². The van der Waals surface area contributed by atoms with Crippen LogP contribution in [0.4, 0.5) is 4.39 Å². The number of hydrogen-bond donors (Lipinski definition) is 0. The van der Waals surface area contributed by atoms with Crippen molar-refractivity contribution in [2.24, 2.45) is 0 Å². The molecule has 174 valence electrons. The summed E-state index contributed by atoms with van der Waals surface area (Å²) in [7, 11) is -3.23. The Morgan fingerprint density at radius 2 is 1.94 bits per heavy atom. The summed E-state index contributed by atoms with van der Waals surface area (Å²) in [5, 5.41) is 0. The fraction of sp³-hybridized carbons (Fsp3) is 0.182. The van der Waals surface area contributed by atoms with Crippen LogP contribution in [0.5, 0.6) is 11.6 Å². The molecule has 0 N–H and O–H groups in total. The highest BCUT2D eigenvalue weighted by atomic mass is 32.2. The number of para-hydroxylation sites is 1. The van der Waals surface area contributed by atoms with Gasteiger partial charge in [0.25, 0.3) is 11.5 Å². The minimum Gasteiger partial charge on any atom is -0.435 e. The molecule has 1 atom stereocenters. The van der Waals surface area contributed by atoms with Gasteiger partial charge in [-0.05, 0) is 36.8 Å². The second-order valence-electron chi connectivity index (χ2n) is 7.71. The van der Waals surface area contributed by atoms with Crippen LogP contribution in [0.2, 0.25) is 0 Å². The minimum atomic E-state index is -3.23. The first-order valence-electron chi connectivity index (χ1n) is 10.1. The Morgan fingerprint density at radius 3 is 2.68 bits per heavy atom. The molecular weight excluding hydrogens is 501 g/mol. The Morgan fingerprint density at radius 1 is 1.18 bits per heavy atom. The fourth-order valence-corrected chi connectivity index (χ4v) is 6.90. The molecular formula is C22H16FN3O5S3. The molecule has 4 heterocycles. The highest BCUT2D eigenvalue weighted by molar-refractivity contribution is 8.26. The second kappa shape index (κ2) is 8.60. The van der Waals surface area contributed by atoms with Gasteiger partial charge in [0, 0.05) is 6.20 Å². The molecule has 2 aliphatic heterocycles. The van der Waals surface area contributed by atoms with Gasteiger partial charge in [-0.25, -0.2) is 12.8 Å². The summed E-state index contributed by atoms with van der Waals surface area (Å²) >= 11 is 6.30. The lowest BCUT2D eigenvalue weighted by atomic mass is 10.2. The lowest BCUT2D eigenvalue weighted by molar-refractivity contribution is -0.123. The first kappa shape index (κ1) is 22.7. The van der Waals surface area contributed by atoms with Crippen LogP contribution in [-0.4, -0.2) is 50.5 Å². The summed E-state index contributed by atoms with van der Waals surface area (Å²) in [4.78, 5) is 32.2. The maximum absolute atomic E-state index is 14.2. The lowest BCUT2D eigenvalue weighted by Gasteiger charge is -2.20. The predicted molar refractivity (Wildman–Crippen MR) is 130 cm³/mol. The zero-order valence-corrected chi connectivity index (χ0v) is 19.8. The van der Waals surface area contributed by atoms with Gasteiger partial charge in [-0.15, -0.1) is 0 Å². The highest BCUT2D eigenvalue weighted by Crippen LogP contribution is 2.37. The molecule has 3 aromatic rings. The third kappa shape index (κ3) is 4.12. The van der Waals surface area contributed by atoms with Gasteiger partial charge in [-0.3, -0.25) is 18.9 Å². The summed E-state index contributed by atoms with van der Waals surface area (Å²) in [6, 6.07) is 10.1. The molecule has 0 aliphatic carbocycles. The van der Waals surface area contributed by atoms with Crippen LogP contribution in [0.25, 0.3) is 11.7 Å². The third-order valence-corrected chi connectivity index (χ3v) is 8.53. The molecule has 2 saturated heterocycles. The quantitative estimate of drug-likeness (QED) is 0.385. The van der Waals surface area contributed by atoms with E-state index in [4.69, 9.17) is 17.0 Å². The molecule has 1 amide bonds. The fourth-order valence-electron chi connectivity index (χ4n) is 3.82. The van der Waals surface area contributed by atoms with Gasteiger partial charge in [0.15, 0.2) is 21.4 Å². The van der Waals surface area contributed by atoms with E-state index in [2.05, 4.69) is 4.98 Å². The molecule has 2 aromatic heterocycles. The predicted octanol–water partition coefficient (Wildman–Crippen LogP) is 3.01. The van der Waals surface area contributed by atoms with Crippen molar-refractivity contribution in [3.63, 3.8) is 0 Å². The molecule has 2 aliphatic rings. The first-order valence-corrected chi connectivity index (χ1v) is 13.2. The van der Waals surface area contributed by atoms with E-state index in [-0.39, 0.29) is 43.6 Å². The smallest absolute Gasteiger partial charge is 0.269 e. The zero-order valence-electron chi connectivity index (χ0n) is 17.4. The Hall–Kier alpha value is -3.09. The van der Waals surface area contributed by atoms with Gasteiger partial charge in [0.1, 0.15) is 15.5 Å². The number of fused-ring (bicyclic) bond motifs is 1. The van der Waals surface area contributed by atoms with Gasteiger partial charge >= 0.3 is 0 Å². The Kier molecular flexibility index (Phi) is 5.74. The Bertz CT molecular complexity index is 1550. The molecule has 0 bridgehead atoms. The number of carbonyl (C=O) groups is 1. The maximum Gasteiger partial charge on any atom is 0.269 e. The summed E-state index contributed by atoms with van der Waals surface area (Å²) in [5.74, 6) is -1.61. The molecule has 2 fully saturated rings. The second-order valence-corrected chi connectivity index (χ2v) is 11.6. The molecule has 1 aromatic carbocycles. The molecule has 5 rings (SSSR count). The molecule has 8 nitrogen and oxygen atoms in total. The van der Waals surface area contributed by atoms with Crippen LogP contribution >= 0.6 is 24.0 Å². The Labute approximate surface area is 203 Å². The topological polar surface area (TPSA) is 98.0 Å². The van der Waals surface area contributed by atoms with Crippen molar-refractivity contribution in [1.82, 2.24) is 14.3 Å². The lowest BCUT2D eigenvalue weighted by Crippen LogP contribution is -2.39. The molecule has 12 heteroatoms. The van der Waals surface area contributed by atoms with E-state index in [9.17, 15) is 22.4 Å². The SMILES string of the molecule is O=C1/C(=C\c2c(Oc3ccccc3F)nc3ccccn3c2=O)SC(=S)N1C1CCS(=O)(=O)C1. The highest BCUT2D eigenvalue weighted by Gasteiger charge is 2.42. The average Bonchev–Trinajstić information content (AvgIpc) is 3.29. The molecule has 1 unspecified atom stereocenters. The normalized spacial score (nSPS) is 21.0. The number of thiocarbonyl (C=S) groups is 1. The van der Waals surface area contributed by atoms with Crippen molar-refractivity contribution in [2.45, 2.75) is 12.5 Å². The average molecular weight is 518 g/mol. The van der Waals surface area contributed by atoms with Gasteiger partial charge in [-0.1, -0.05) is 42.2 Å². The van der Waals surface area contributed by atoms with Crippen molar-refractivity contribution in [3.8, 4) is 11.6 Å². The number of nitrogens with zero attached hydrogens (tertiary/aromatic N) is 3. The number of benzene rings is 1. The van der Waals surface area contributed by atoms with E-state index in [1.165, 1.54) is 39.8 Å². The third-order valence-electron chi connectivity index (χ3n) is 5.45. The van der Waals surface area contributed by atoms with Crippen LogP contribution in [-0.2, 0) is 14.6 Å². The molecule has 0 spiro atoms. The molecule has 34 heavy (non-hydrogen) atoms. The van der Waals surface area contributed by atoms with Gasteiger partial charge in [0.2, 0.25) is 5.88 Å². The number of ether oxygens (including phenoxy) is 1. The van der Waals surface area contributed by atoms with E-state index in [1.54, 1.807) is 24.3 Å². The van der Waals surface area contributed by atoms with Crippen molar-refractivity contribution in [2.75, 3.05) is 11.5 Å². The first-order chi connectivity index (χ1) is 16.2. The van der Waals surface area contributed by atoms with Crippen molar-refractivity contribution >= 4 is 55.8 Å². The van der Waals surface area contributed by atoms with Crippen molar-refractivity contribution < 1.29 is 22.3 Å². The monoisotopic (exact) mass is 517 g/mol. The van der Waals surface area contributed by atoms with E-state index in [0.717, 1.165) is 11.8 Å². The number of sulfone groups is 1. The summed E-state index contributed by atoms with van der Waals surface area (Å²) < 4.78 is 45.2. The minimum absolute atomic E-state index is 0.00958. The molecule has 0 saturated carbocycles. The van der Waals surface area contributed by atoms with Crippen LogP contribution in [0.1, 0.15) is 12.0 Å². The number of carbonyl (C=O) groups excluding carboxylic acids is 1. The number of pyridine rings is 1. The number of halogens is 1.